The average Bonchev–Trinajstić information content (AvgIpc) is 2.56. The number of hydrogen-bond donors (Lipinski definition) is 3. The van der Waals surface area contributed by atoms with E-state index in [1.54, 1.807) is 7.11 Å². The van der Waals surface area contributed by atoms with Gasteiger partial charge < -0.3 is 20.7 Å². The van der Waals surface area contributed by atoms with Crippen LogP contribution in [0.3, 0.4) is 0 Å². The van der Waals surface area contributed by atoms with Crippen LogP contribution in [0.25, 0.3) is 0 Å². The first kappa shape index (κ1) is 18.6. The highest BCUT2D eigenvalue weighted by molar-refractivity contribution is 5.84. The largest absolute Gasteiger partial charge is 0.383 e. The predicted molar refractivity (Wildman–Crippen MR) is 96.0 cm³/mol. The first-order valence-electron chi connectivity index (χ1n) is 9.86. The number of hydrogen-bond acceptors (Lipinski definition) is 4. The molecule has 142 valence electrons. The van der Waals surface area contributed by atoms with Gasteiger partial charge in [-0.3, -0.25) is 9.59 Å². The maximum absolute atomic E-state index is 12.8. The summed E-state index contributed by atoms with van der Waals surface area (Å²) in [6.07, 6.45) is 7.60. The lowest BCUT2D eigenvalue weighted by Crippen LogP contribution is -2.53. The standard InChI is InChI=1S/C19H33N3O3/c1-25-7-6-20-4-5-21-17(23)2-3-22-18(24)19-11-14-8-15(12-19)10-16(9-14)13-19/h14-16,20H,2-13H2,1H3,(H,21,23)(H,22,24). The topological polar surface area (TPSA) is 79.5 Å². The molecule has 0 aromatic rings. The molecule has 0 aromatic heterocycles. The van der Waals surface area contributed by atoms with E-state index in [1.807, 2.05) is 0 Å². The zero-order valence-corrected chi connectivity index (χ0v) is 15.4. The summed E-state index contributed by atoms with van der Waals surface area (Å²) in [6.45, 7) is 3.24. The molecule has 2 amide bonds. The molecule has 4 fully saturated rings. The number of ether oxygens (including phenoxy) is 1. The van der Waals surface area contributed by atoms with Crippen molar-refractivity contribution in [1.29, 1.82) is 0 Å². The first-order valence-corrected chi connectivity index (χ1v) is 9.86. The Morgan fingerprint density at radius 3 is 2.16 bits per heavy atom. The Hall–Kier alpha value is -1.14. The quantitative estimate of drug-likeness (QED) is 0.514. The third kappa shape index (κ3) is 4.73. The lowest BCUT2D eigenvalue weighted by Gasteiger charge is -2.55. The molecule has 0 saturated heterocycles. The molecule has 0 atom stereocenters. The fraction of sp³-hybridized carbons (Fsp3) is 0.895. The van der Waals surface area contributed by atoms with Gasteiger partial charge in [-0.15, -0.1) is 0 Å². The molecule has 3 N–H and O–H groups in total. The van der Waals surface area contributed by atoms with E-state index in [0.29, 0.717) is 26.1 Å². The zero-order chi connectivity index (χ0) is 17.7. The first-order chi connectivity index (χ1) is 12.1. The Balaban J connectivity index is 1.31. The molecule has 25 heavy (non-hydrogen) atoms. The Kier molecular flexibility index (Phi) is 6.34. The number of carbonyl (C=O) groups excluding carboxylic acids is 2. The molecule has 0 aromatic carbocycles. The molecule has 4 aliphatic rings. The summed E-state index contributed by atoms with van der Waals surface area (Å²) in [5.41, 5.74) is -0.115. The highest BCUT2D eigenvalue weighted by Gasteiger charge is 2.54. The van der Waals surface area contributed by atoms with Crippen molar-refractivity contribution in [3.05, 3.63) is 0 Å². The number of methoxy groups -OCH3 is 1. The fourth-order valence-electron chi connectivity index (χ4n) is 5.54. The van der Waals surface area contributed by atoms with Crippen molar-refractivity contribution >= 4 is 11.8 Å². The Labute approximate surface area is 150 Å². The summed E-state index contributed by atoms with van der Waals surface area (Å²) < 4.78 is 4.94. The van der Waals surface area contributed by atoms with Crippen molar-refractivity contribution in [2.45, 2.75) is 44.9 Å². The van der Waals surface area contributed by atoms with Crippen molar-refractivity contribution in [2.24, 2.45) is 23.2 Å². The predicted octanol–water partition coefficient (Wildman–Crippen LogP) is 1.06. The van der Waals surface area contributed by atoms with Gasteiger partial charge in [0.25, 0.3) is 0 Å². The highest BCUT2D eigenvalue weighted by Crippen LogP contribution is 2.60. The van der Waals surface area contributed by atoms with E-state index in [9.17, 15) is 9.59 Å². The van der Waals surface area contributed by atoms with Crippen LogP contribution in [0.5, 0.6) is 0 Å². The SMILES string of the molecule is COCCNCCNC(=O)CCNC(=O)C12CC3CC(CC(C3)C1)C2. The van der Waals surface area contributed by atoms with Crippen LogP contribution in [-0.4, -0.2) is 51.7 Å². The Bertz CT molecular complexity index is 445. The molecule has 0 heterocycles. The molecule has 4 rings (SSSR count). The van der Waals surface area contributed by atoms with Crippen molar-refractivity contribution in [3.63, 3.8) is 0 Å². The highest BCUT2D eigenvalue weighted by atomic mass is 16.5. The van der Waals surface area contributed by atoms with Crippen LogP contribution in [-0.2, 0) is 14.3 Å². The van der Waals surface area contributed by atoms with Crippen LogP contribution in [0.4, 0.5) is 0 Å². The normalized spacial score (nSPS) is 32.6. The molecule has 6 heteroatoms. The monoisotopic (exact) mass is 351 g/mol. The van der Waals surface area contributed by atoms with Crippen LogP contribution in [0.1, 0.15) is 44.9 Å². The molecular weight excluding hydrogens is 318 g/mol. The lowest BCUT2D eigenvalue weighted by molar-refractivity contribution is -0.146. The van der Waals surface area contributed by atoms with Gasteiger partial charge in [0.2, 0.25) is 11.8 Å². The fourth-order valence-corrected chi connectivity index (χ4v) is 5.54. The number of amides is 2. The maximum atomic E-state index is 12.8. The van der Waals surface area contributed by atoms with E-state index in [1.165, 1.54) is 19.3 Å². The van der Waals surface area contributed by atoms with Gasteiger partial charge in [-0.25, -0.2) is 0 Å². The summed E-state index contributed by atoms with van der Waals surface area (Å²) >= 11 is 0. The maximum Gasteiger partial charge on any atom is 0.226 e. The lowest BCUT2D eigenvalue weighted by atomic mass is 9.49. The summed E-state index contributed by atoms with van der Waals surface area (Å²) in [7, 11) is 1.67. The van der Waals surface area contributed by atoms with Gasteiger partial charge in [-0.05, 0) is 56.3 Å². The minimum atomic E-state index is -0.115. The molecular formula is C19H33N3O3. The van der Waals surface area contributed by atoms with E-state index in [4.69, 9.17) is 4.74 Å². The summed E-state index contributed by atoms with van der Waals surface area (Å²) in [5.74, 6) is 2.52. The Morgan fingerprint density at radius 1 is 0.920 bits per heavy atom. The van der Waals surface area contributed by atoms with Gasteiger partial charge in [-0.1, -0.05) is 0 Å². The van der Waals surface area contributed by atoms with E-state index in [-0.39, 0.29) is 17.2 Å². The molecule has 4 saturated carbocycles. The van der Waals surface area contributed by atoms with Gasteiger partial charge in [0.05, 0.1) is 6.61 Å². The zero-order valence-electron chi connectivity index (χ0n) is 15.4. The second kappa shape index (κ2) is 8.49. The smallest absolute Gasteiger partial charge is 0.226 e. The minimum absolute atomic E-state index is 0.000599. The molecule has 4 bridgehead atoms. The van der Waals surface area contributed by atoms with Gasteiger partial charge in [0.15, 0.2) is 0 Å². The number of nitrogens with one attached hydrogen (secondary N) is 3. The van der Waals surface area contributed by atoms with Gasteiger partial charge in [-0.2, -0.15) is 0 Å². The van der Waals surface area contributed by atoms with Crippen molar-refractivity contribution in [3.8, 4) is 0 Å². The van der Waals surface area contributed by atoms with Gasteiger partial charge in [0, 0.05) is 45.1 Å². The van der Waals surface area contributed by atoms with E-state index in [2.05, 4.69) is 16.0 Å². The van der Waals surface area contributed by atoms with Crippen molar-refractivity contribution in [2.75, 3.05) is 39.9 Å². The molecule has 0 unspecified atom stereocenters. The number of carbonyl (C=O) groups is 2. The Morgan fingerprint density at radius 2 is 1.56 bits per heavy atom. The third-order valence-corrected chi connectivity index (χ3v) is 6.26. The second-order valence-corrected chi connectivity index (χ2v) is 8.30. The van der Waals surface area contributed by atoms with Gasteiger partial charge >= 0.3 is 0 Å². The number of rotatable bonds is 10. The molecule has 4 aliphatic carbocycles. The van der Waals surface area contributed by atoms with E-state index >= 15 is 0 Å². The summed E-state index contributed by atoms with van der Waals surface area (Å²) in [5, 5.41) is 9.11. The summed E-state index contributed by atoms with van der Waals surface area (Å²) in [6, 6.07) is 0. The minimum Gasteiger partial charge on any atom is -0.383 e. The molecule has 6 nitrogen and oxygen atoms in total. The van der Waals surface area contributed by atoms with Crippen LogP contribution in [0.2, 0.25) is 0 Å². The van der Waals surface area contributed by atoms with E-state index < -0.39 is 0 Å². The molecule has 0 radical (unpaired) electrons. The van der Waals surface area contributed by atoms with Crippen LogP contribution < -0.4 is 16.0 Å². The van der Waals surface area contributed by atoms with Crippen LogP contribution in [0.15, 0.2) is 0 Å². The van der Waals surface area contributed by atoms with Crippen LogP contribution >= 0.6 is 0 Å². The van der Waals surface area contributed by atoms with E-state index in [0.717, 1.165) is 50.1 Å². The molecule has 0 aliphatic heterocycles. The van der Waals surface area contributed by atoms with Gasteiger partial charge in [0.1, 0.15) is 0 Å². The average molecular weight is 351 g/mol. The van der Waals surface area contributed by atoms with Crippen molar-refractivity contribution in [1.82, 2.24) is 16.0 Å². The molecule has 0 spiro atoms. The summed E-state index contributed by atoms with van der Waals surface area (Å²) in [4.78, 5) is 24.6. The van der Waals surface area contributed by atoms with Crippen LogP contribution in [0, 0.1) is 23.2 Å². The van der Waals surface area contributed by atoms with Crippen molar-refractivity contribution < 1.29 is 14.3 Å². The third-order valence-electron chi connectivity index (χ3n) is 6.26. The second-order valence-electron chi connectivity index (χ2n) is 8.30.